The van der Waals surface area contributed by atoms with Crippen molar-refractivity contribution in [1.29, 1.82) is 0 Å². The van der Waals surface area contributed by atoms with Crippen LogP contribution in [0.3, 0.4) is 0 Å². The van der Waals surface area contributed by atoms with Gasteiger partial charge in [0.1, 0.15) is 0 Å². The largest absolute Gasteiger partial charge is 0.0683 e. The van der Waals surface area contributed by atoms with Crippen LogP contribution in [0.2, 0.25) is 0 Å². The van der Waals surface area contributed by atoms with Crippen LogP contribution in [-0.2, 0) is 0 Å². The molecule has 0 atom stereocenters. The summed E-state index contributed by atoms with van der Waals surface area (Å²) in [5, 5.41) is 0. The van der Waals surface area contributed by atoms with Crippen LogP contribution in [0, 0.1) is 0 Å². The summed E-state index contributed by atoms with van der Waals surface area (Å²) in [6, 6.07) is 17.4. The van der Waals surface area contributed by atoms with E-state index < -0.39 is 0 Å². The van der Waals surface area contributed by atoms with E-state index in [4.69, 9.17) is 0 Å². The molecule has 0 radical (unpaired) electrons. The molecule has 0 saturated heterocycles. The molecule has 0 nitrogen and oxygen atoms in total. The SMILES string of the molecule is CC.CC.CC.CC.CC1c2ccccc2-c2ccccc21. The lowest BCUT2D eigenvalue weighted by Gasteiger charge is -2.04. The quantitative estimate of drug-likeness (QED) is 0.463. The van der Waals surface area contributed by atoms with Crippen molar-refractivity contribution in [3.05, 3.63) is 59.7 Å². The van der Waals surface area contributed by atoms with Crippen molar-refractivity contribution in [3.63, 3.8) is 0 Å². The van der Waals surface area contributed by atoms with Gasteiger partial charge in [-0.25, -0.2) is 0 Å². The van der Waals surface area contributed by atoms with Crippen LogP contribution in [0.4, 0.5) is 0 Å². The van der Waals surface area contributed by atoms with Gasteiger partial charge in [-0.05, 0) is 22.3 Å². The third-order valence-electron chi connectivity index (χ3n) is 3.14. The number of fused-ring (bicyclic) bond motifs is 3. The molecule has 2 aromatic carbocycles. The highest BCUT2D eigenvalue weighted by Gasteiger charge is 2.23. The fourth-order valence-corrected chi connectivity index (χ4v) is 2.41. The second kappa shape index (κ2) is 14.4. The number of rotatable bonds is 0. The molecule has 0 heteroatoms. The predicted molar refractivity (Wildman–Crippen MR) is 105 cm³/mol. The minimum absolute atomic E-state index is 0.558. The van der Waals surface area contributed by atoms with E-state index >= 15 is 0 Å². The summed E-state index contributed by atoms with van der Waals surface area (Å²) in [4.78, 5) is 0. The molecule has 1 aliphatic carbocycles. The van der Waals surface area contributed by atoms with Crippen molar-refractivity contribution in [2.24, 2.45) is 0 Å². The Labute approximate surface area is 139 Å². The highest BCUT2D eigenvalue weighted by molar-refractivity contribution is 5.78. The first-order chi connectivity index (χ1) is 10.9. The van der Waals surface area contributed by atoms with E-state index in [2.05, 4.69) is 55.5 Å². The molecule has 0 N–H and O–H groups in total. The topological polar surface area (TPSA) is 0 Å². The van der Waals surface area contributed by atoms with Gasteiger partial charge in [-0.1, -0.05) is 111 Å². The standard InChI is InChI=1S/C14H12.4C2H6/c1-10-11-6-2-4-8-13(11)14-9-5-3-7-12(10)14;4*1-2/h2-10H,1H3;4*1-2H3. The smallest absolute Gasteiger partial charge is 0.00733 e. The van der Waals surface area contributed by atoms with Crippen LogP contribution >= 0.6 is 0 Å². The summed E-state index contributed by atoms with van der Waals surface area (Å²) in [5.74, 6) is 0.558. The molecular weight excluding hydrogens is 264 g/mol. The first kappa shape index (κ1) is 22.7. The van der Waals surface area contributed by atoms with Gasteiger partial charge in [0.25, 0.3) is 0 Å². The van der Waals surface area contributed by atoms with Gasteiger partial charge >= 0.3 is 0 Å². The molecule has 0 saturated carbocycles. The van der Waals surface area contributed by atoms with Crippen molar-refractivity contribution in [1.82, 2.24) is 0 Å². The molecule has 0 aromatic heterocycles. The Morgan fingerprint density at radius 2 is 0.773 bits per heavy atom. The van der Waals surface area contributed by atoms with Gasteiger partial charge in [0.05, 0.1) is 0 Å². The van der Waals surface area contributed by atoms with Gasteiger partial charge in [0, 0.05) is 5.92 Å². The molecule has 3 rings (SSSR count). The lowest BCUT2D eigenvalue weighted by molar-refractivity contribution is 0.957. The number of benzene rings is 2. The van der Waals surface area contributed by atoms with Gasteiger partial charge < -0.3 is 0 Å². The van der Waals surface area contributed by atoms with Crippen LogP contribution < -0.4 is 0 Å². The van der Waals surface area contributed by atoms with Crippen LogP contribution in [0.1, 0.15) is 79.4 Å². The van der Waals surface area contributed by atoms with Crippen LogP contribution in [0.25, 0.3) is 11.1 Å². The molecule has 0 amide bonds. The lowest BCUT2D eigenvalue weighted by Crippen LogP contribution is -1.87. The van der Waals surface area contributed by atoms with Crippen molar-refractivity contribution in [2.45, 2.75) is 68.2 Å². The third kappa shape index (κ3) is 5.33. The summed E-state index contributed by atoms with van der Waals surface area (Å²) in [7, 11) is 0. The zero-order chi connectivity index (χ0) is 17.5. The first-order valence-electron chi connectivity index (χ1n) is 9.06. The molecule has 0 heterocycles. The Bertz CT molecular complexity index is 437. The van der Waals surface area contributed by atoms with E-state index in [9.17, 15) is 0 Å². The monoisotopic (exact) mass is 300 g/mol. The Kier molecular flexibility index (Phi) is 14.8. The third-order valence-corrected chi connectivity index (χ3v) is 3.14. The molecule has 0 fully saturated rings. The average molecular weight is 301 g/mol. The van der Waals surface area contributed by atoms with Gasteiger partial charge in [0.15, 0.2) is 0 Å². The Morgan fingerprint density at radius 1 is 0.500 bits per heavy atom. The molecule has 124 valence electrons. The van der Waals surface area contributed by atoms with Crippen molar-refractivity contribution in [3.8, 4) is 11.1 Å². The fourth-order valence-electron chi connectivity index (χ4n) is 2.41. The molecule has 0 aliphatic heterocycles. The highest BCUT2D eigenvalue weighted by atomic mass is 14.3. The van der Waals surface area contributed by atoms with Crippen LogP contribution in [0.5, 0.6) is 0 Å². The minimum Gasteiger partial charge on any atom is -0.0683 e. The van der Waals surface area contributed by atoms with Crippen molar-refractivity contribution < 1.29 is 0 Å². The first-order valence-corrected chi connectivity index (χ1v) is 9.06. The maximum absolute atomic E-state index is 2.28. The molecule has 0 bridgehead atoms. The van der Waals surface area contributed by atoms with Crippen molar-refractivity contribution in [2.75, 3.05) is 0 Å². The molecule has 1 aliphatic rings. The van der Waals surface area contributed by atoms with E-state index in [0.29, 0.717) is 5.92 Å². The minimum atomic E-state index is 0.558. The van der Waals surface area contributed by atoms with Gasteiger partial charge in [-0.3, -0.25) is 0 Å². The van der Waals surface area contributed by atoms with E-state index in [1.54, 1.807) is 0 Å². The predicted octanol–water partition coefficient (Wildman–Crippen LogP) is 7.92. The molecule has 22 heavy (non-hydrogen) atoms. The average Bonchev–Trinajstić information content (AvgIpc) is 2.95. The van der Waals surface area contributed by atoms with Crippen LogP contribution in [-0.4, -0.2) is 0 Å². The van der Waals surface area contributed by atoms with E-state index in [0.717, 1.165) is 0 Å². The van der Waals surface area contributed by atoms with Crippen molar-refractivity contribution >= 4 is 0 Å². The number of hydrogen-bond donors (Lipinski definition) is 0. The van der Waals surface area contributed by atoms with Gasteiger partial charge in [-0.2, -0.15) is 0 Å². The van der Waals surface area contributed by atoms with Crippen LogP contribution in [0.15, 0.2) is 48.5 Å². The second-order valence-electron chi connectivity index (χ2n) is 3.90. The molecule has 0 unspecified atom stereocenters. The summed E-state index contributed by atoms with van der Waals surface area (Å²) < 4.78 is 0. The Hall–Kier alpha value is -1.56. The normalized spacial score (nSPS) is 9.86. The maximum atomic E-state index is 2.28. The Morgan fingerprint density at radius 3 is 1.09 bits per heavy atom. The molecule has 2 aromatic rings. The summed E-state index contributed by atoms with van der Waals surface area (Å²) >= 11 is 0. The zero-order valence-corrected chi connectivity index (χ0v) is 16.2. The summed E-state index contributed by atoms with van der Waals surface area (Å²) in [6.45, 7) is 18.3. The van der Waals surface area contributed by atoms with Gasteiger partial charge in [-0.15, -0.1) is 0 Å². The van der Waals surface area contributed by atoms with E-state index in [1.165, 1.54) is 22.3 Å². The summed E-state index contributed by atoms with van der Waals surface area (Å²) in [5.41, 5.74) is 5.76. The fraction of sp³-hybridized carbons (Fsp3) is 0.455. The zero-order valence-electron chi connectivity index (χ0n) is 16.2. The lowest BCUT2D eigenvalue weighted by atomic mass is 10.00. The Balaban J connectivity index is 0. The molecular formula is C22H36. The highest BCUT2D eigenvalue weighted by Crippen LogP contribution is 2.43. The van der Waals surface area contributed by atoms with E-state index in [1.807, 2.05) is 55.4 Å². The maximum Gasteiger partial charge on any atom is 0.00733 e. The number of hydrogen-bond acceptors (Lipinski definition) is 0. The second-order valence-corrected chi connectivity index (χ2v) is 3.90. The summed E-state index contributed by atoms with van der Waals surface area (Å²) in [6.07, 6.45) is 0. The van der Waals surface area contributed by atoms with Gasteiger partial charge in [0.2, 0.25) is 0 Å². The molecule has 0 spiro atoms. The van der Waals surface area contributed by atoms with E-state index in [-0.39, 0.29) is 0 Å².